The molecule has 4 nitrogen and oxygen atoms in total. The van der Waals surface area contributed by atoms with Gasteiger partial charge < -0.3 is 10.5 Å². The van der Waals surface area contributed by atoms with Crippen molar-refractivity contribution in [2.45, 2.75) is 0 Å². The van der Waals surface area contributed by atoms with Gasteiger partial charge in [-0.1, -0.05) is 0 Å². The van der Waals surface area contributed by atoms with Gasteiger partial charge in [0, 0.05) is 0 Å². The summed E-state index contributed by atoms with van der Waals surface area (Å²) in [6, 6.07) is 1.76. The Morgan fingerprint density at radius 2 is 2.43 bits per heavy atom. The Balaban J connectivity index is 2.54. The van der Waals surface area contributed by atoms with Gasteiger partial charge in [-0.25, -0.2) is 4.39 Å². The third kappa shape index (κ3) is 1.24. The van der Waals surface area contributed by atoms with E-state index >= 15 is 0 Å². The smallest absolute Gasteiger partial charge is 0.193 e. The molecule has 0 unspecified atom stereocenters. The first kappa shape index (κ1) is 9.01. The minimum atomic E-state index is -0.536. The van der Waals surface area contributed by atoms with E-state index in [1.54, 1.807) is 6.07 Å². The van der Waals surface area contributed by atoms with Crippen molar-refractivity contribution < 1.29 is 9.13 Å². The van der Waals surface area contributed by atoms with Crippen LogP contribution in [0, 0.1) is 5.82 Å². The van der Waals surface area contributed by atoms with Crippen LogP contribution in [0.2, 0.25) is 0 Å². The van der Waals surface area contributed by atoms with Crippen LogP contribution in [0.15, 0.2) is 11.4 Å². The standard InChI is InChI=1S/C8H8FN3OS/c1-13-4-2-3-14-7(4)6-5(9)8(10)12-11-6/h2-3H,1H3,(H3,10,11,12). The highest BCUT2D eigenvalue weighted by Crippen LogP contribution is 2.36. The molecule has 0 aliphatic heterocycles. The number of rotatable bonds is 2. The number of aromatic amines is 1. The summed E-state index contributed by atoms with van der Waals surface area (Å²) in [4.78, 5) is 0.661. The molecule has 0 saturated carbocycles. The highest BCUT2D eigenvalue weighted by Gasteiger charge is 2.16. The molecular weight excluding hydrogens is 205 g/mol. The van der Waals surface area contributed by atoms with Crippen LogP contribution in [0.3, 0.4) is 0 Å². The van der Waals surface area contributed by atoms with Crippen LogP contribution >= 0.6 is 11.3 Å². The van der Waals surface area contributed by atoms with Gasteiger partial charge in [0.25, 0.3) is 0 Å². The molecule has 0 aliphatic rings. The van der Waals surface area contributed by atoms with Crippen LogP contribution in [-0.4, -0.2) is 17.3 Å². The fourth-order valence-electron chi connectivity index (χ4n) is 1.13. The Morgan fingerprint density at radius 1 is 1.64 bits per heavy atom. The summed E-state index contributed by atoms with van der Waals surface area (Å²) in [5.74, 6) is -0.0567. The van der Waals surface area contributed by atoms with E-state index in [0.717, 1.165) is 0 Å². The van der Waals surface area contributed by atoms with Crippen molar-refractivity contribution in [1.82, 2.24) is 10.2 Å². The lowest BCUT2D eigenvalue weighted by Crippen LogP contribution is -1.87. The van der Waals surface area contributed by atoms with Gasteiger partial charge in [0.1, 0.15) is 11.4 Å². The number of anilines is 1. The number of ether oxygens (including phenoxy) is 1. The molecule has 0 atom stereocenters. The van der Waals surface area contributed by atoms with Crippen molar-refractivity contribution in [2.75, 3.05) is 12.8 Å². The highest BCUT2D eigenvalue weighted by atomic mass is 32.1. The van der Waals surface area contributed by atoms with Gasteiger partial charge in [0.2, 0.25) is 0 Å². The molecule has 0 amide bonds. The largest absolute Gasteiger partial charge is 0.495 e. The van der Waals surface area contributed by atoms with E-state index in [-0.39, 0.29) is 11.5 Å². The summed E-state index contributed by atoms with van der Waals surface area (Å²) in [5.41, 5.74) is 5.56. The molecule has 6 heteroatoms. The van der Waals surface area contributed by atoms with E-state index in [1.165, 1.54) is 18.4 Å². The number of hydrogen-bond donors (Lipinski definition) is 2. The molecule has 0 aliphatic carbocycles. The minimum absolute atomic E-state index is 0.129. The van der Waals surface area contributed by atoms with Crippen LogP contribution in [0.25, 0.3) is 10.6 Å². The van der Waals surface area contributed by atoms with Crippen molar-refractivity contribution in [2.24, 2.45) is 0 Å². The number of nitrogens with one attached hydrogen (secondary N) is 1. The number of hydrogen-bond acceptors (Lipinski definition) is 4. The number of thiophene rings is 1. The Labute approximate surface area is 83.5 Å². The molecule has 74 valence electrons. The second-order valence-corrected chi connectivity index (χ2v) is 3.53. The number of halogens is 1. The van der Waals surface area contributed by atoms with E-state index in [0.29, 0.717) is 10.6 Å². The van der Waals surface area contributed by atoms with Crippen molar-refractivity contribution in [3.8, 4) is 16.3 Å². The zero-order valence-corrected chi connectivity index (χ0v) is 8.19. The fourth-order valence-corrected chi connectivity index (χ4v) is 1.98. The van der Waals surface area contributed by atoms with Crippen molar-refractivity contribution >= 4 is 17.2 Å². The monoisotopic (exact) mass is 213 g/mol. The van der Waals surface area contributed by atoms with Gasteiger partial charge in [-0.05, 0) is 11.4 Å². The van der Waals surface area contributed by atoms with E-state index in [1.807, 2.05) is 5.38 Å². The number of nitrogens with zero attached hydrogens (tertiary/aromatic N) is 1. The number of H-pyrrole nitrogens is 1. The topological polar surface area (TPSA) is 63.9 Å². The molecule has 0 radical (unpaired) electrons. The van der Waals surface area contributed by atoms with Crippen molar-refractivity contribution in [3.05, 3.63) is 17.3 Å². The van der Waals surface area contributed by atoms with Gasteiger partial charge in [-0.15, -0.1) is 11.3 Å². The minimum Gasteiger partial charge on any atom is -0.495 e. The van der Waals surface area contributed by atoms with E-state index < -0.39 is 5.82 Å². The summed E-state index contributed by atoms with van der Waals surface area (Å²) in [5, 5.41) is 7.92. The van der Waals surface area contributed by atoms with Gasteiger partial charge in [0.15, 0.2) is 11.6 Å². The average molecular weight is 213 g/mol. The third-order valence-electron chi connectivity index (χ3n) is 1.81. The zero-order chi connectivity index (χ0) is 10.1. The molecule has 0 spiro atoms. The first-order valence-electron chi connectivity index (χ1n) is 3.85. The van der Waals surface area contributed by atoms with Crippen molar-refractivity contribution in [1.29, 1.82) is 0 Å². The lowest BCUT2D eigenvalue weighted by Gasteiger charge is -1.98. The molecular formula is C8H8FN3OS. The van der Waals surface area contributed by atoms with Crippen molar-refractivity contribution in [3.63, 3.8) is 0 Å². The predicted octanol–water partition coefficient (Wildman–Crippen LogP) is 1.87. The molecule has 2 rings (SSSR count). The van der Waals surface area contributed by atoms with Crippen LogP contribution in [0.1, 0.15) is 0 Å². The summed E-state index contributed by atoms with van der Waals surface area (Å²) >= 11 is 1.36. The van der Waals surface area contributed by atoms with E-state index in [9.17, 15) is 4.39 Å². The van der Waals surface area contributed by atoms with Crippen LogP contribution < -0.4 is 10.5 Å². The normalized spacial score (nSPS) is 10.4. The maximum absolute atomic E-state index is 13.4. The van der Waals surface area contributed by atoms with Gasteiger partial charge >= 0.3 is 0 Å². The number of aromatic nitrogens is 2. The lowest BCUT2D eigenvalue weighted by molar-refractivity contribution is 0.418. The van der Waals surface area contributed by atoms with E-state index in [2.05, 4.69) is 10.2 Å². The first-order chi connectivity index (χ1) is 6.74. The molecule has 0 bridgehead atoms. The SMILES string of the molecule is COc1ccsc1-c1[nH]nc(N)c1F. The molecule has 0 saturated heterocycles. The van der Waals surface area contributed by atoms with Crippen LogP contribution in [0.4, 0.5) is 10.2 Å². The molecule has 0 fully saturated rings. The highest BCUT2D eigenvalue weighted by molar-refractivity contribution is 7.14. The zero-order valence-electron chi connectivity index (χ0n) is 7.37. The molecule has 14 heavy (non-hydrogen) atoms. The lowest BCUT2D eigenvalue weighted by atomic mass is 10.3. The first-order valence-corrected chi connectivity index (χ1v) is 4.73. The number of methoxy groups -OCH3 is 1. The van der Waals surface area contributed by atoms with Gasteiger partial charge in [-0.3, -0.25) is 5.10 Å². The van der Waals surface area contributed by atoms with Gasteiger partial charge in [0.05, 0.1) is 12.0 Å². The molecule has 2 aromatic heterocycles. The molecule has 0 aromatic carbocycles. The third-order valence-corrected chi connectivity index (χ3v) is 2.72. The maximum atomic E-state index is 13.4. The van der Waals surface area contributed by atoms with Gasteiger partial charge in [-0.2, -0.15) is 5.10 Å². The van der Waals surface area contributed by atoms with Crippen LogP contribution in [-0.2, 0) is 0 Å². The summed E-state index contributed by atoms with van der Waals surface area (Å²) in [6.45, 7) is 0. The Kier molecular flexibility index (Phi) is 2.12. The average Bonchev–Trinajstić information content (AvgIpc) is 2.75. The molecule has 3 N–H and O–H groups in total. The number of nitrogen functional groups attached to an aromatic ring is 1. The summed E-state index contributed by atoms with van der Waals surface area (Å²) in [7, 11) is 1.53. The fraction of sp³-hybridized carbons (Fsp3) is 0.125. The Hall–Kier alpha value is -1.56. The van der Waals surface area contributed by atoms with E-state index in [4.69, 9.17) is 10.5 Å². The molecule has 2 aromatic rings. The Bertz CT molecular complexity index is 451. The van der Waals surface area contributed by atoms with Crippen LogP contribution in [0.5, 0.6) is 5.75 Å². The molecule has 2 heterocycles. The summed E-state index contributed by atoms with van der Waals surface area (Å²) < 4.78 is 18.4. The second-order valence-electron chi connectivity index (χ2n) is 2.62. The quantitative estimate of drug-likeness (QED) is 0.800. The summed E-state index contributed by atoms with van der Waals surface area (Å²) in [6.07, 6.45) is 0. The number of nitrogens with two attached hydrogens (primary N) is 1. The Morgan fingerprint density at radius 3 is 3.00 bits per heavy atom. The maximum Gasteiger partial charge on any atom is 0.193 e. The second kappa shape index (κ2) is 3.30. The predicted molar refractivity (Wildman–Crippen MR) is 52.8 cm³/mol.